The first-order valence-corrected chi connectivity index (χ1v) is 10.1. The summed E-state index contributed by atoms with van der Waals surface area (Å²) in [5.41, 5.74) is 0.325. The Hall–Kier alpha value is -0.970. The van der Waals surface area contributed by atoms with Gasteiger partial charge >= 0.3 is 0 Å². The van der Waals surface area contributed by atoms with Crippen molar-refractivity contribution in [2.75, 3.05) is 26.2 Å². The number of sulfonamides is 2. The third-order valence-corrected chi connectivity index (χ3v) is 8.61. The minimum absolute atomic E-state index is 0.0889. The average molecular weight is 349 g/mol. The third kappa shape index (κ3) is 2.57. The first kappa shape index (κ1) is 15.9. The minimum atomic E-state index is -3.70. The molecule has 0 N–H and O–H groups in total. The van der Waals surface area contributed by atoms with Crippen LogP contribution >= 0.6 is 0 Å². The van der Waals surface area contributed by atoms with E-state index in [1.165, 1.54) is 8.61 Å². The lowest BCUT2D eigenvalue weighted by molar-refractivity contribution is 0.272. The Labute approximate surface area is 130 Å². The summed E-state index contributed by atoms with van der Waals surface area (Å²) >= 11 is 0. The van der Waals surface area contributed by atoms with Crippen molar-refractivity contribution in [3.05, 3.63) is 11.5 Å². The topological polar surface area (TPSA) is 101 Å². The van der Waals surface area contributed by atoms with Crippen LogP contribution in [0.1, 0.15) is 24.3 Å². The molecule has 0 bridgehead atoms. The second kappa shape index (κ2) is 5.29. The molecular formula is C12H19N3O5S2. The second-order valence-corrected chi connectivity index (χ2v) is 9.79. The van der Waals surface area contributed by atoms with E-state index in [2.05, 4.69) is 5.16 Å². The van der Waals surface area contributed by atoms with E-state index in [4.69, 9.17) is 4.52 Å². The SMILES string of the molecule is Cc1noc(C)c1S(=O)(=O)N1CCN(S(=O)(=O)C2CC2)CC1. The molecule has 10 heteroatoms. The molecule has 0 spiro atoms. The van der Waals surface area contributed by atoms with Gasteiger partial charge in [0.1, 0.15) is 10.6 Å². The van der Waals surface area contributed by atoms with Crippen LogP contribution < -0.4 is 0 Å². The van der Waals surface area contributed by atoms with Crippen LogP contribution in [0.4, 0.5) is 0 Å². The van der Waals surface area contributed by atoms with Gasteiger partial charge in [0.15, 0.2) is 5.76 Å². The van der Waals surface area contributed by atoms with Gasteiger partial charge in [-0.3, -0.25) is 0 Å². The molecule has 2 heterocycles. The number of hydrogen-bond donors (Lipinski definition) is 0. The minimum Gasteiger partial charge on any atom is -0.360 e. The van der Waals surface area contributed by atoms with Crippen molar-refractivity contribution >= 4 is 20.0 Å². The first-order valence-electron chi connectivity index (χ1n) is 7.16. The van der Waals surface area contributed by atoms with E-state index in [-0.39, 0.29) is 42.1 Å². The third-order valence-electron chi connectivity index (χ3n) is 4.07. The van der Waals surface area contributed by atoms with Gasteiger partial charge in [0.2, 0.25) is 20.0 Å². The van der Waals surface area contributed by atoms with E-state index in [0.717, 1.165) is 0 Å². The number of aromatic nitrogens is 1. The molecule has 8 nitrogen and oxygen atoms in total. The lowest BCUT2D eigenvalue weighted by Gasteiger charge is -2.33. The molecule has 3 rings (SSSR count). The molecule has 1 aromatic heterocycles. The molecule has 1 saturated carbocycles. The maximum absolute atomic E-state index is 12.7. The van der Waals surface area contributed by atoms with Crippen LogP contribution in [0.5, 0.6) is 0 Å². The van der Waals surface area contributed by atoms with Gasteiger partial charge in [-0.1, -0.05) is 5.16 Å². The van der Waals surface area contributed by atoms with Crippen molar-refractivity contribution in [3.63, 3.8) is 0 Å². The van der Waals surface area contributed by atoms with Crippen LogP contribution in [0.15, 0.2) is 9.42 Å². The van der Waals surface area contributed by atoms with E-state index in [1.807, 2.05) is 0 Å². The summed E-state index contributed by atoms with van der Waals surface area (Å²) in [7, 11) is -6.94. The molecular weight excluding hydrogens is 330 g/mol. The van der Waals surface area contributed by atoms with Gasteiger partial charge in [-0.2, -0.15) is 8.61 Å². The van der Waals surface area contributed by atoms with Crippen molar-refractivity contribution in [3.8, 4) is 0 Å². The molecule has 124 valence electrons. The Morgan fingerprint density at radius 1 is 1.00 bits per heavy atom. The van der Waals surface area contributed by atoms with Crippen LogP contribution in [0.3, 0.4) is 0 Å². The van der Waals surface area contributed by atoms with Crippen LogP contribution in [-0.2, 0) is 20.0 Å². The van der Waals surface area contributed by atoms with Gasteiger partial charge in [-0.15, -0.1) is 0 Å². The molecule has 0 atom stereocenters. The van der Waals surface area contributed by atoms with Gasteiger partial charge < -0.3 is 4.52 Å². The number of piperazine rings is 1. The number of rotatable bonds is 4. The Bertz CT molecular complexity index is 752. The zero-order chi connectivity index (χ0) is 16.1. The van der Waals surface area contributed by atoms with Crippen molar-refractivity contribution in [2.24, 2.45) is 0 Å². The summed E-state index contributed by atoms with van der Waals surface area (Å²) in [4.78, 5) is 0.0889. The van der Waals surface area contributed by atoms with E-state index in [0.29, 0.717) is 18.5 Å². The van der Waals surface area contributed by atoms with Crippen molar-refractivity contribution in [2.45, 2.75) is 36.8 Å². The first-order chi connectivity index (χ1) is 10.2. The molecule has 0 radical (unpaired) electrons. The van der Waals surface area contributed by atoms with Gasteiger partial charge in [0.25, 0.3) is 0 Å². The lowest BCUT2D eigenvalue weighted by atomic mass is 10.4. The molecule has 2 fully saturated rings. The van der Waals surface area contributed by atoms with Crippen molar-refractivity contribution in [1.82, 2.24) is 13.8 Å². The molecule has 2 aliphatic rings. The average Bonchev–Trinajstić information content (AvgIpc) is 3.26. The summed E-state index contributed by atoms with van der Waals surface area (Å²) in [5, 5.41) is 3.41. The predicted molar refractivity (Wildman–Crippen MR) is 78.3 cm³/mol. The summed E-state index contributed by atoms with van der Waals surface area (Å²) in [6.07, 6.45) is 1.42. The number of aryl methyl sites for hydroxylation is 2. The van der Waals surface area contributed by atoms with Crippen molar-refractivity contribution < 1.29 is 21.4 Å². The maximum atomic E-state index is 12.7. The molecule has 1 aromatic rings. The monoisotopic (exact) mass is 349 g/mol. The largest absolute Gasteiger partial charge is 0.360 e. The van der Waals surface area contributed by atoms with Gasteiger partial charge in [-0.05, 0) is 26.7 Å². The maximum Gasteiger partial charge on any atom is 0.248 e. The molecule has 1 saturated heterocycles. The second-order valence-electron chi connectivity index (χ2n) is 5.70. The Balaban J connectivity index is 1.76. The van der Waals surface area contributed by atoms with E-state index in [9.17, 15) is 16.8 Å². The zero-order valence-corrected chi connectivity index (χ0v) is 14.2. The van der Waals surface area contributed by atoms with E-state index >= 15 is 0 Å². The Morgan fingerprint density at radius 3 is 2.00 bits per heavy atom. The predicted octanol–water partition coefficient (Wildman–Crippen LogP) is 0.0899. The fourth-order valence-electron chi connectivity index (χ4n) is 2.71. The number of hydrogen-bond acceptors (Lipinski definition) is 6. The molecule has 1 aliphatic carbocycles. The Kier molecular flexibility index (Phi) is 3.83. The fraction of sp³-hybridized carbons (Fsp3) is 0.750. The standard InChI is InChI=1S/C12H19N3O5S2/c1-9-12(10(2)20-13-9)22(18,19)15-7-5-14(6-8-15)21(16,17)11-3-4-11/h11H,3-8H2,1-2H3. The normalized spacial score (nSPS) is 22.1. The smallest absolute Gasteiger partial charge is 0.248 e. The van der Waals surface area contributed by atoms with E-state index < -0.39 is 20.0 Å². The summed E-state index contributed by atoms with van der Waals surface area (Å²) < 4.78 is 57.3. The molecule has 0 amide bonds. The highest BCUT2D eigenvalue weighted by atomic mass is 32.2. The lowest BCUT2D eigenvalue weighted by Crippen LogP contribution is -2.51. The van der Waals surface area contributed by atoms with Crippen molar-refractivity contribution in [1.29, 1.82) is 0 Å². The van der Waals surface area contributed by atoms with Crippen LogP contribution in [0.25, 0.3) is 0 Å². The highest BCUT2D eigenvalue weighted by molar-refractivity contribution is 7.90. The summed E-state index contributed by atoms with van der Waals surface area (Å²) in [6, 6.07) is 0. The van der Waals surface area contributed by atoms with Gasteiger partial charge in [-0.25, -0.2) is 16.8 Å². The van der Waals surface area contributed by atoms with Gasteiger partial charge in [0, 0.05) is 26.2 Å². The van der Waals surface area contributed by atoms with Crippen LogP contribution in [0, 0.1) is 13.8 Å². The van der Waals surface area contributed by atoms with Crippen LogP contribution in [0.2, 0.25) is 0 Å². The highest BCUT2D eigenvalue weighted by Gasteiger charge is 2.42. The fourth-order valence-corrected chi connectivity index (χ4v) is 6.25. The highest BCUT2D eigenvalue weighted by Crippen LogP contribution is 2.32. The Morgan fingerprint density at radius 2 is 1.55 bits per heavy atom. The van der Waals surface area contributed by atoms with E-state index in [1.54, 1.807) is 13.8 Å². The summed E-state index contributed by atoms with van der Waals surface area (Å²) in [5.74, 6) is 0.255. The van der Waals surface area contributed by atoms with Gasteiger partial charge in [0.05, 0.1) is 5.25 Å². The molecule has 1 aliphatic heterocycles. The number of nitrogens with zero attached hydrogens (tertiary/aromatic N) is 3. The molecule has 0 aromatic carbocycles. The zero-order valence-electron chi connectivity index (χ0n) is 12.5. The summed E-state index contributed by atoms with van der Waals surface area (Å²) in [6.45, 7) is 3.83. The molecule has 0 unspecified atom stereocenters. The van der Waals surface area contributed by atoms with Crippen LogP contribution in [-0.4, -0.2) is 62.0 Å². The quantitative estimate of drug-likeness (QED) is 0.763. The molecule has 22 heavy (non-hydrogen) atoms.